The Bertz CT molecular complexity index is 1220. The second-order valence-electron chi connectivity index (χ2n) is 9.30. The molecule has 162 valence electrons. The van der Waals surface area contributed by atoms with Gasteiger partial charge < -0.3 is 5.32 Å². The molecule has 0 bridgehead atoms. The highest BCUT2D eigenvalue weighted by atomic mass is 16.2. The van der Waals surface area contributed by atoms with Crippen molar-refractivity contribution < 1.29 is 9.59 Å². The van der Waals surface area contributed by atoms with Crippen molar-refractivity contribution >= 4 is 28.8 Å². The molecule has 2 amide bonds. The molecular formula is C28H28N2O2. The van der Waals surface area contributed by atoms with Crippen LogP contribution in [0.5, 0.6) is 0 Å². The maximum atomic E-state index is 13.5. The van der Waals surface area contributed by atoms with E-state index in [0.717, 1.165) is 22.4 Å². The maximum absolute atomic E-state index is 13.5. The van der Waals surface area contributed by atoms with Gasteiger partial charge in [0.2, 0.25) is 0 Å². The molecule has 3 aromatic carbocycles. The molecular weight excluding hydrogens is 396 g/mol. The van der Waals surface area contributed by atoms with Gasteiger partial charge in [-0.1, -0.05) is 74.9 Å². The third kappa shape index (κ3) is 3.96. The fourth-order valence-corrected chi connectivity index (χ4v) is 4.00. The minimum atomic E-state index is -0.351. The highest BCUT2D eigenvalue weighted by molar-refractivity contribution is 6.46. The largest absolute Gasteiger partial charge is 0.350 e. The molecule has 3 aromatic rings. The molecule has 0 unspecified atom stereocenters. The summed E-state index contributed by atoms with van der Waals surface area (Å²) in [7, 11) is 0. The Morgan fingerprint density at radius 2 is 1.44 bits per heavy atom. The van der Waals surface area contributed by atoms with E-state index in [0.29, 0.717) is 17.0 Å². The summed E-state index contributed by atoms with van der Waals surface area (Å²) in [5.41, 5.74) is 6.09. The van der Waals surface area contributed by atoms with Crippen molar-refractivity contribution in [2.24, 2.45) is 0 Å². The van der Waals surface area contributed by atoms with Gasteiger partial charge in [-0.25, -0.2) is 4.90 Å². The number of aryl methyl sites for hydroxylation is 2. The van der Waals surface area contributed by atoms with Crippen LogP contribution in [0.1, 0.15) is 43.0 Å². The molecule has 0 spiro atoms. The first-order chi connectivity index (χ1) is 15.2. The second kappa shape index (κ2) is 8.12. The van der Waals surface area contributed by atoms with Crippen molar-refractivity contribution in [1.82, 2.24) is 0 Å². The number of hydrogen-bond acceptors (Lipinski definition) is 3. The highest BCUT2D eigenvalue weighted by Crippen LogP contribution is 2.35. The molecule has 0 saturated heterocycles. The summed E-state index contributed by atoms with van der Waals surface area (Å²) in [5.74, 6) is -0.668. The number of benzene rings is 3. The minimum Gasteiger partial charge on any atom is -0.350 e. The lowest BCUT2D eigenvalue weighted by Crippen LogP contribution is -2.32. The van der Waals surface area contributed by atoms with Crippen molar-refractivity contribution in [3.63, 3.8) is 0 Å². The summed E-state index contributed by atoms with van der Waals surface area (Å²) in [4.78, 5) is 28.3. The Morgan fingerprint density at radius 1 is 0.781 bits per heavy atom. The Kier molecular flexibility index (Phi) is 5.47. The van der Waals surface area contributed by atoms with E-state index in [-0.39, 0.29) is 17.2 Å². The van der Waals surface area contributed by atoms with Crippen LogP contribution in [-0.2, 0) is 15.0 Å². The van der Waals surface area contributed by atoms with E-state index < -0.39 is 0 Å². The Hall–Kier alpha value is -3.66. The molecule has 1 aliphatic heterocycles. The smallest absolute Gasteiger partial charge is 0.282 e. The number of nitrogens with zero attached hydrogens (tertiary/aromatic N) is 1. The SMILES string of the molecule is Cc1ccc(C2=C(Nc3ccc(C(C)(C)C)cc3)C(=O)N(c3ccccc3)C2=O)c(C)c1. The summed E-state index contributed by atoms with van der Waals surface area (Å²) >= 11 is 0. The average molecular weight is 425 g/mol. The molecule has 1 heterocycles. The number of hydrogen-bond donors (Lipinski definition) is 1. The molecule has 32 heavy (non-hydrogen) atoms. The van der Waals surface area contributed by atoms with Crippen molar-refractivity contribution in [1.29, 1.82) is 0 Å². The minimum absolute atomic E-state index is 0.0330. The lowest BCUT2D eigenvalue weighted by Gasteiger charge is -2.19. The van der Waals surface area contributed by atoms with Gasteiger partial charge in [0, 0.05) is 5.69 Å². The molecule has 1 aliphatic rings. The van der Waals surface area contributed by atoms with Gasteiger partial charge >= 0.3 is 0 Å². The first-order valence-electron chi connectivity index (χ1n) is 10.8. The monoisotopic (exact) mass is 424 g/mol. The third-order valence-electron chi connectivity index (χ3n) is 5.77. The van der Waals surface area contributed by atoms with Crippen molar-refractivity contribution in [3.8, 4) is 0 Å². The molecule has 0 atom stereocenters. The van der Waals surface area contributed by atoms with Crippen LogP contribution >= 0.6 is 0 Å². The van der Waals surface area contributed by atoms with Crippen LogP contribution in [0.3, 0.4) is 0 Å². The third-order valence-corrected chi connectivity index (χ3v) is 5.77. The van der Waals surface area contributed by atoms with Crippen LogP contribution in [-0.4, -0.2) is 11.8 Å². The maximum Gasteiger partial charge on any atom is 0.282 e. The van der Waals surface area contributed by atoms with E-state index in [1.807, 2.05) is 62.4 Å². The van der Waals surface area contributed by atoms with Gasteiger partial charge in [-0.2, -0.15) is 0 Å². The Labute approximate surface area is 189 Å². The van der Waals surface area contributed by atoms with E-state index in [9.17, 15) is 9.59 Å². The van der Waals surface area contributed by atoms with Crippen LogP contribution in [0.4, 0.5) is 11.4 Å². The second-order valence-corrected chi connectivity index (χ2v) is 9.30. The summed E-state index contributed by atoms with van der Waals surface area (Å²) < 4.78 is 0. The van der Waals surface area contributed by atoms with E-state index in [1.165, 1.54) is 10.5 Å². The molecule has 4 nitrogen and oxygen atoms in total. The number of carbonyl (C=O) groups excluding carboxylic acids is 2. The van der Waals surface area contributed by atoms with Gasteiger partial charge in [0.25, 0.3) is 11.8 Å². The van der Waals surface area contributed by atoms with E-state index in [4.69, 9.17) is 0 Å². The average Bonchev–Trinajstić information content (AvgIpc) is 2.98. The van der Waals surface area contributed by atoms with Crippen molar-refractivity contribution in [2.75, 3.05) is 10.2 Å². The van der Waals surface area contributed by atoms with Gasteiger partial charge in [0.15, 0.2) is 0 Å². The lowest BCUT2D eigenvalue weighted by molar-refractivity contribution is -0.120. The molecule has 0 saturated carbocycles. The molecule has 0 radical (unpaired) electrons. The molecule has 0 aromatic heterocycles. The van der Waals surface area contributed by atoms with Crippen molar-refractivity contribution in [2.45, 2.75) is 40.0 Å². The van der Waals surface area contributed by atoms with Gasteiger partial charge in [-0.3, -0.25) is 9.59 Å². The van der Waals surface area contributed by atoms with E-state index >= 15 is 0 Å². The van der Waals surface area contributed by atoms with E-state index in [2.05, 4.69) is 38.2 Å². The normalized spacial score (nSPS) is 14.3. The highest BCUT2D eigenvalue weighted by Gasteiger charge is 2.40. The fraction of sp³-hybridized carbons (Fsp3) is 0.214. The summed E-state index contributed by atoms with van der Waals surface area (Å²) in [6.07, 6.45) is 0. The predicted molar refractivity (Wildman–Crippen MR) is 131 cm³/mol. The van der Waals surface area contributed by atoms with Crippen molar-refractivity contribution in [3.05, 3.63) is 101 Å². The van der Waals surface area contributed by atoms with Crippen LogP contribution in [0, 0.1) is 13.8 Å². The number of anilines is 2. The first kappa shape index (κ1) is 21.6. The zero-order valence-corrected chi connectivity index (χ0v) is 19.2. The standard InChI is InChI=1S/C28H28N2O2/c1-18-11-16-23(19(2)17-18)24-25(29-21-14-12-20(13-15-21)28(3,4)5)27(32)30(26(24)31)22-9-7-6-8-10-22/h6-17,29H,1-5H3. The first-order valence-corrected chi connectivity index (χ1v) is 10.8. The summed E-state index contributed by atoms with van der Waals surface area (Å²) in [6, 6.07) is 23.0. The molecule has 4 rings (SSSR count). The van der Waals surface area contributed by atoms with Crippen LogP contribution in [0.15, 0.2) is 78.5 Å². The van der Waals surface area contributed by atoms with Gasteiger partial charge in [0.1, 0.15) is 5.70 Å². The molecule has 0 aliphatic carbocycles. The number of rotatable bonds is 4. The number of amides is 2. The predicted octanol–water partition coefficient (Wildman–Crippen LogP) is 6.00. The van der Waals surface area contributed by atoms with Crippen LogP contribution < -0.4 is 10.2 Å². The lowest BCUT2D eigenvalue weighted by atomic mass is 9.87. The topological polar surface area (TPSA) is 49.4 Å². The molecule has 1 N–H and O–H groups in total. The zero-order valence-electron chi connectivity index (χ0n) is 19.2. The Morgan fingerprint density at radius 3 is 2.03 bits per heavy atom. The molecule has 4 heteroatoms. The molecule has 0 fully saturated rings. The quantitative estimate of drug-likeness (QED) is 0.523. The van der Waals surface area contributed by atoms with Gasteiger partial charge in [0.05, 0.1) is 11.3 Å². The number of imide groups is 1. The van der Waals surface area contributed by atoms with Gasteiger partial charge in [-0.05, 0) is 60.2 Å². The Balaban J connectivity index is 1.81. The summed E-state index contributed by atoms with van der Waals surface area (Å²) in [6.45, 7) is 10.5. The number of carbonyl (C=O) groups is 2. The van der Waals surface area contributed by atoms with E-state index in [1.54, 1.807) is 12.1 Å². The summed E-state index contributed by atoms with van der Waals surface area (Å²) in [5, 5.41) is 3.26. The van der Waals surface area contributed by atoms with Gasteiger partial charge in [-0.15, -0.1) is 0 Å². The van der Waals surface area contributed by atoms with Crippen LogP contribution in [0.25, 0.3) is 5.57 Å². The zero-order chi connectivity index (χ0) is 23.0. The number of nitrogens with one attached hydrogen (secondary N) is 1. The fourth-order valence-electron chi connectivity index (χ4n) is 4.00. The van der Waals surface area contributed by atoms with Crippen LogP contribution in [0.2, 0.25) is 0 Å². The number of para-hydroxylation sites is 1.